The predicted octanol–water partition coefficient (Wildman–Crippen LogP) is 4.71. The molecule has 110 valence electrons. The van der Waals surface area contributed by atoms with E-state index in [9.17, 15) is 4.79 Å². The Balaban J connectivity index is 1.74. The normalized spacial score (nSPS) is 30.1. The second kappa shape index (κ2) is 6.28. The van der Waals surface area contributed by atoms with E-state index in [-0.39, 0.29) is 18.0 Å². The molecule has 2 fully saturated rings. The highest BCUT2D eigenvalue weighted by Gasteiger charge is 2.32. The smallest absolute Gasteiger partial charge is 0.309 e. The van der Waals surface area contributed by atoms with Crippen molar-refractivity contribution in [2.75, 3.05) is 0 Å². The maximum absolute atomic E-state index is 12.1. The van der Waals surface area contributed by atoms with Gasteiger partial charge in [0.05, 0.1) is 5.92 Å². The fourth-order valence-corrected chi connectivity index (χ4v) is 3.65. The van der Waals surface area contributed by atoms with Crippen molar-refractivity contribution in [2.24, 2.45) is 17.3 Å². The van der Waals surface area contributed by atoms with Crippen LogP contribution in [0.4, 0.5) is 0 Å². The van der Waals surface area contributed by atoms with E-state index < -0.39 is 0 Å². The van der Waals surface area contributed by atoms with Crippen LogP contribution < -0.4 is 0 Å². The van der Waals surface area contributed by atoms with Crippen molar-refractivity contribution in [3.05, 3.63) is 0 Å². The molecular formula is C17H30O2. The van der Waals surface area contributed by atoms with Gasteiger partial charge in [-0.3, -0.25) is 4.79 Å². The van der Waals surface area contributed by atoms with Gasteiger partial charge >= 0.3 is 5.97 Å². The van der Waals surface area contributed by atoms with Crippen molar-refractivity contribution in [2.45, 2.75) is 84.7 Å². The van der Waals surface area contributed by atoms with Gasteiger partial charge in [0.15, 0.2) is 0 Å². The van der Waals surface area contributed by atoms with Crippen LogP contribution in [0.2, 0.25) is 0 Å². The van der Waals surface area contributed by atoms with Crippen molar-refractivity contribution < 1.29 is 9.53 Å². The standard InChI is InChI=1S/C17H30O2/c1-17(2,3)14-9-11-15(12-10-14)19-16(18)13-7-5-4-6-8-13/h13-15H,4-12H2,1-3H3. The van der Waals surface area contributed by atoms with Crippen LogP contribution in [0.15, 0.2) is 0 Å². The molecule has 0 aromatic rings. The molecular weight excluding hydrogens is 236 g/mol. The highest BCUT2D eigenvalue weighted by atomic mass is 16.5. The average Bonchev–Trinajstić information content (AvgIpc) is 2.39. The van der Waals surface area contributed by atoms with Gasteiger partial charge in [0.2, 0.25) is 0 Å². The van der Waals surface area contributed by atoms with Gasteiger partial charge < -0.3 is 4.74 Å². The van der Waals surface area contributed by atoms with Gasteiger partial charge in [0, 0.05) is 0 Å². The molecule has 0 saturated heterocycles. The van der Waals surface area contributed by atoms with Gasteiger partial charge in [-0.05, 0) is 49.9 Å². The van der Waals surface area contributed by atoms with E-state index in [1.807, 2.05) is 0 Å². The van der Waals surface area contributed by atoms with Crippen molar-refractivity contribution in [1.82, 2.24) is 0 Å². The minimum absolute atomic E-state index is 0.0962. The highest BCUT2D eigenvalue weighted by Crippen LogP contribution is 2.39. The lowest BCUT2D eigenvalue weighted by Crippen LogP contribution is -2.32. The first-order valence-electron chi connectivity index (χ1n) is 8.17. The number of ether oxygens (including phenoxy) is 1. The maximum Gasteiger partial charge on any atom is 0.309 e. The van der Waals surface area contributed by atoms with Gasteiger partial charge in [0.1, 0.15) is 6.10 Å². The van der Waals surface area contributed by atoms with E-state index in [4.69, 9.17) is 4.74 Å². The van der Waals surface area contributed by atoms with Crippen LogP contribution >= 0.6 is 0 Å². The molecule has 2 nitrogen and oxygen atoms in total. The topological polar surface area (TPSA) is 26.3 Å². The molecule has 0 aromatic carbocycles. The lowest BCUT2D eigenvalue weighted by atomic mass is 9.72. The van der Waals surface area contributed by atoms with Gasteiger partial charge in [-0.15, -0.1) is 0 Å². The Morgan fingerprint density at radius 3 is 2.00 bits per heavy atom. The highest BCUT2D eigenvalue weighted by molar-refractivity contribution is 5.72. The van der Waals surface area contributed by atoms with Crippen molar-refractivity contribution in [3.8, 4) is 0 Å². The quantitative estimate of drug-likeness (QED) is 0.676. The first kappa shape index (κ1) is 14.9. The Kier molecular flexibility index (Phi) is 4.92. The van der Waals surface area contributed by atoms with E-state index in [1.165, 1.54) is 32.1 Å². The minimum atomic E-state index is 0.0962. The summed E-state index contributed by atoms with van der Waals surface area (Å²) >= 11 is 0. The fourth-order valence-electron chi connectivity index (χ4n) is 3.65. The first-order valence-corrected chi connectivity index (χ1v) is 8.17. The molecule has 0 aliphatic heterocycles. The van der Waals surface area contributed by atoms with Crippen molar-refractivity contribution in [1.29, 1.82) is 0 Å². The Morgan fingerprint density at radius 2 is 1.47 bits per heavy atom. The van der Waals surface area contributed by atoms with E-state index in [1.54, 1.807) is 0 Å². The molecule has 0 spiro atoms. The van der Waals surface area contributed by atoms with Crippen LogP contribution in [0.1, 0.15) is 78.6 Å². The second-order valence-corrected chi connectivity index (χ2v) is 7.61. The van der Waals surface area contributed by atoms with Crippen molar-refractivity contribution >= 4 is 5.97 Å². The van der Waals surface area contributed by atoms with Crippen LogP contribution in [0.5, 0.6) is 0 Å². The van der Waals surface area contributed by atoms with Gasteiger partial charge in [0.25, 0.3) is 0 Å². The summed E-state index contributed by atoms with van der Waals surface area (Å²) in [7, 11) is 0. The molecule has 2 rings (SSSR count). The third kappa shape index (κ3) is 4.22. The molecule has 2 saturated carbocycles. The number of carbonyl (C=O) groups is 1. The second-order valence-electron chi connectivity index (χ2n) is 7.61. The maximum atomic E-state index is 12.1. The van der Waals surface area contributed by atoms with Gasteiger partial charge in [-0.2, -0.15) is 0 Å². The van der Waals surface area contributed by atoms with Crippen LogP contribution in [0, 0.1) is 17.3 Å². The van der Waals surface area contributed by atoms with Gasteiger partial charge in [-0.1, -0.05) is 40.0 Å². The summed E-state index contributed by atoms with van der Waals surface area (Å²) in [6, 6.07) is 0. The zero-order chi connectivity index (χ0) is 13.9. The zero-order valence-corrected chi connectivity index (χ0v) is 12.9. The summed E-state index contributed by atoms with van der Waals surface area (Å²) in [5.41, 5.74) is 0.401. The Morgan fingerprint density at radius 1 is 0.895 bits per heavy atom. The van der Waals surface area contributed by atoms with E-state index in [2.05, 4.69) is 20.8 Å². The molecule has 0 radical (unpaired) electrons. The molecule has 0 aromatic heterocycles. The summed E-state index contributed by atoms with van der Waals surface area (Å²) in [6.07, 6.45) is 10.6. The molecule has 2 heteroatoms. The lowest BCUT2D eigenvalue weighted by Gasteiger charge is -2.37. The minimum Gasteiger partial charge on any atom is -0.462 e. The summed E-state index contributed by atoms with van der Waals surface area (Å²) in [5, 5.41) is 0. The van der Waals surface area contributed by atoms with Crippen molar-refractivity contribution in [3.63, 3.8) is 0 Å². The fraction of sp³-hybridized carbons (Fsp3) is 0.941. The van der Waals surface area contributed by atoms with Crippen LogP contribution in [0.3, 0.4) is 0 Å². The third-order valence-corrected chi connectivity index (χ3v) is 5.12. The van der Waals surface area contributed by atoms with E-state index >= 15 is 0 Å². The molecule has 0 bridgehead atoms. The monoisotopic (exact) mass is 266 g/mol. The molecule has 2 aliphatic carbocycles. The molecule has 0 amide bonds. The molecule has 19 heavy (non-hydrogen) atoms. The summed E-state index contributed by atoms with van der Waals surface area (Å²) in [5.74, 6) is 1.09. The lowest BCUT2D eigenvalue weighted by molar-refractivity contribution is -0.157. The summed E-state index contributed by atoms with van der Waals surface area (Å²) in [4.78, 5) is 12.1. The number of rotatable bonds is 2. The molecule has 2 aliphatic rings. The summed E-state index contributed by atoms with van der Waals surface area (Å²) in [6.45, 7) is 6.98. The van der Waals surface area contributed by atoms with E-state index in [0.717, 1.165) is 31.6 Å². The van der Waals surface area contributed by atoms with Gasteiger partial charge in [-0.25, -0.2) is 0 Å². The molecule has 0 unspecified atom stereocenters. The number of carbonyl (C=O) groups excluding carboxylic acids is 1. The third-order valence-electron chi connectivity index (χ3n) is 5.12. The molecule has 0 heterocycles. The molecule has 0 N–H and O–H groups in total. The number of esters is 1. The van der Waals surface area contributed by atoms with Crippen LogP contribution in [-0.4, -0.2) is 12.1 Å². The average molecular weight is 266 g/mol. The predicted molar refractivity (Wildman–Crippen MR) is 77.9 cm³/mol. The Labute approximate surface area is 118 Å². The largest absolute Gasteiger partial charge is 0.462 e. The summed E-state index contributed by atoms with van der Waals surface area (Å²) < 4.78 is 5.75. The number of hydrogen-bond acceptors (Lipinski definition) is 2. The number of hydrogen-bond donors (Lipinski definition) is 0. The SMILES string of the molecule is CC(C)(C)C1CCC(OC(=O)C2CCCCC2)CC1. The first-order chi connectivity index (χ1) is 8.97. The Hall–Kier alpha value is -0.530. The van der Waals surface area contributed by atoms with Crippen LogP contribution in [0.25, 0.3) is 0 Å². The molecule has 0 atom stereocenters. The van der Waals surface area contributed by atoms with E-state index in [0.29, 0.717) is 5.41 Å². The Bertz CT molecular complexity index is 289. The van der Waals surface area contributed by atoms with Crippen LogP contribution in [-0.2, 0) is 9.53 Å². The zero-order valence-electron chi connectivity index (χ0n) is 12.9.